The Kier molecular flexibility index (Phi) is 4.30. The highest BCUT2D eigenvalue weighted by Crippen LogP contribution is 2.21. The molecule has 2 aromatic heterocycles. The number of amides is 1. The predicted molar refractivity (Wildman–Crippen MR) is 103 cm³/mol. The number of carbonyl (C=O) groups excluding carboxylic acids is 2. The summed E-state index contributed by atoms with van der Waals surface area (Å²) in [4.78, 5) is 24.9. The summed E-state index contributed by atoms with van der Waals surface area (Å²) in [5, 5.41) is 8.93. The Morgan fingerprint density at radius 2 is 1.89 bits per heavy atom. The molecule has 27 heavy (non-hydrogen) atoms. The Bertz CT molecular complexity index is 1160. The molecule has 2 aromatic carbocycles. The number of hydrogen-bond donors (Lipinski definition) is 1. The topological polar surface area (TPSA) is 72.7 Å². The van der Waals surface area contributed by atoms with Gasteiger partial charge >= 0.3 is 5.97 Å². The van der Waals surface area contributed by atoms with Gasteiger partial charge in [0.2, 0.25) is 0 Å². The van der Waals surface area contributed by atoms with Crippen molar-refractivity contribution in [1.29, 1.82) is 0 Å². The van der Waals surface area contributed by atoms with E-state index in [1.54, 1.807) is 35.8 Å². The van der Waals surface area contributed by atoms with E-state index >= 15 is 0 Å². The van der Waals surface area contributed by atoms with Crippen molar-refractivity contribution in [3.8, 4) is 0 Å². The molecule has 4 aromatic rings. The summed E-state index contributed by atoms with van der Waals surface area (Å²) in [6.07, 6.45) is 3.15. The van der Waals surface area contributed by atoms with E-state index in [9.17, 15) is 9.59 Å². The molecule has 6 nitrogen and oxygen atoms in total. The van der Waals surface area contributed by atoms with Crippen molar-refractivity contribution in [3.05, 3.63) is 78.1 Å². The lowest BCUT2D eigenvalue weighted by atomic mass is 10.0. The maximum Gasteiger partial charge on any atom is 0.341 e. The summed E-state index contributed by atoms with van der Waals surface area (Å²) < 4.78 is 6.62. The van der Waals surface area contributed by atoms with E-state index in [1.165, 1.54) is 6.20 Å². The maximum absolute atomic E-state index is 12.8. The van der Waals surface area contributed by atoms with E-state index in [-0.39, 0.29) is 12.5 Å². The zero-order valence-electron chi connectivity index (χ0n) is 14.7. The Morgan fingerprint density at radius 3 is 2.74 bits per heavy atom. The van der Waals surface area contributed by atoms with Crippen LogP contribution in [-0.4, -0.2) is 28.1 Å². The first-order valence-electron chi connectivity index (χ1n) is 8.61. The molecule has 0 radical (unpaired) electrons. The minimum absolute atomic E-state index is 0.214. The number of esters is 1. The molecule has 0 aliphatic rings. The summed E-state index contributed by atoms with van der Waals surface area (Å²) in [5.74, 6) is -0.654. The lowest BCUT2D eigenvalue weighted by molar-refractivity contribution is 0.0528. The molecule has 0 saturated heterocycles. The Balaban J connectivity index is 1.67. The summed E-state index contributed by atoms with van der Waals surface area (Å²) in [5.41, 5.74) is 2.10. The van der Waals surface area contributed by atoms with Crippen LogP contribution in [0.3, 0.4) is 0 Å². The van der Waals surface area contributed by atoms with E-state index in [2.05, 4.69) is 10.4 Å². The van der Waals surface area contributed by atoms with Crippen LogP contribution in [0.2, 0.25) is 0 Å². The van der Waals surface area contributed by atoms with Crippen LogP contribution >= 0.6 is 0 Å². The van der Waals surface area contributed by atoms with Crippen LogP contribution in [0.25, 0.3) is 16.3 Å². The van der Waals surface area contributed by atoms with Crippen molar-refractivity contribution in [2.75, 3.05) is 11.9 Å². The first kappa shape index (κ1) is 16.8. The number of carbonyl (C=O) groups is 2. The average molecular weight is 359 g/mol. The van der Waals surface area contributed by atoms with Gasteiger partial charge in [-0.25, -0.2) is 9.31 Å². The van der Waals surface area contributed by atoms with Crippen molar-refractivity contribution in [3.63, 3.8) is 0 Å². The highest BCUT2D eigenvalue weighted by Gasteiger charge is 2.15. The molecule has 0 spiro atoms. The van der Waals surface area contributed by atoms with Crippen LogP contribution in [-0.2, 0) is 4.74 Å². The van der Waals surface area contributed by atoms with Gasteiger partial charge in [-0.3, -0.25) is 4.79 Å². The molecule has 1 N–H and O–H groups in total. The molecular formula is C21H17N3O3. The molecule has 4 rings (SSSR count). The number of hydrogen-bond acceptors (Lipinski definition) is 4. The fourth-order valence-electron chi connectivity index (χ4n) is 3.05. The number of rotatable bonds is 4. The van der Waals surface area contributed by atoms with Gasteiger partial charge in [0.05, 0.1) is 18.3 Å². The highest BCUT2D eigenvalue weighted by molar-refractivity contribution is 6.13. The monoisotopic (exact) mass is 359 g/mol. The molecule has 2 heterocycles. The van der Waals surface area contributed by atoms with Gasteiger partial charge in [-0.05, 0) is 35.9 Å². The smallest absolute Gasteiger partial charge is 0.341 e. The number of aromatic nitrogens is 2. The van der Waals surface area contributed by atoms with Crippen molar-refractivity contribution in [2.45, 2.75) is 6.92 Å². The second-order valence-corrected chi connectivity index (χ2v) is 6.00. The quantitative estimate of drug-likeness (QED) is 0.561. The molecule has 6 heteroatoms. The van der Waals surface area contributed by atoms with Gasteiger partial charge in [0, 0.05) is 17.4 Å². The van der Waals surface area contributed by atoms with Crippen molar-refractivity contribution in [1.82, 2.24) is 9.61 Å². The third-order valence-corrected chi connectivity index (χ3v) is 4.31. The maximum atomic E-state index is 12.8. The van der Waals surface area contributed by atoms with Crippen molar-refractivity contribution >= 4 is 33.9 Å². The van der Waals surface area contributed by atoms with Crippen LogP contribution in [0.5, 0.6) is 0 Å². The summed E-state index contributed by atoms with van der Waals surface area (Å²) >= 11 is 0. The van der Waals surface area contributed by atoms with Crippen LogP contribution in [0.15, 0.2) is 67.0 Å². The standard InChI is InChI=1S/C21H17N3O3/c1-2-27-21(26)18-13-22-24-11-10-15(12-19(18)24)23-20(25)17-9-5-7-14-6-3-4-8-16(14)17/h3-13H,2H2,1H3,(H,23,25). The van der Waals surface area contributed by atoms with Gasteiger partial charge in [-0.2, -0.15) is 5.10 Å². The van der Waals surface area contributed by atoms with Gasteiger partial charge in [0.15, 0.2) is 0 Å². The largest absolute Gasteiger partial charge is 0.462 e. The minimum atomic E-state index is -0.440. The summed E-state index contributed by atoms with van der Waals surface area (Å²) in [6.45, 7) is 2.03. The van der Waals surface area contributed by atoms with Crippen LogP contribution in [0, 0.1) is 0 Å². The SMILES string of the molecule is CCOC(=O)c1cnn2ccc(NC(=O)c3cccc4ccccc34)cc12. The third kappa shape index (κ3) is 3.13. The van der Waals surface area contributed by atoms with Crippen LogP contribution in [0.1, 0.15) is 27.6 Å². The van der Waals surface area contributed by atoms with E-state index in [1.807, 2.05) is 36.4 Å². The highest BCUT2D eigenvalue weighted by atomic mass is 16.5. The Morgan fingerprint density at radius 1 is 1.07 bits per heavy atom. The molecule has 134 valence electrons. The fraction of sp³-hybridized carbons (Fsp3) is 0.0952. The van der Waals surface area contributed by atoms with Gasteiger partial charge in [0.25, 0.3) is 5.91 Å². The van der Waals surface area contributed by atoms with E-state index in [0.717, 1.165) is 10.8 Å². The lowest BCUT2D eigenvalue weighted by Gasteiger charge is -2.09. The molecular weight excluding hydrogens is 342 g/mol. The predicted octanol–water partition coefficient (Wildman–Crippen LogP) is 3.92. The van der Waals surface area contributed by atoms with Gasteiger partial charge < -0.3 is 10.1 Å². The van der Waals surface area contributed by atoms with Gasteiger partial charge in [-0.15, -0.1) is 0 Å². The summed E-state index contributed by atoms with van der Waals surface area (Å²) in [6, 6.07) is 16.8. The number of fused-ring (bicyclic) bond motifs is 2. The summed E-state index contributed by atoms with van der Waals surface area (Å²) in [7, 11) is 0. The zero-order chi connectivity index (χ0) is 18.8. The normalized spacial score (nSPS) is 10.9. The number of nitrogens with zero attached hydrogens (tertiary/aromatic N) is 2. The zero-order valence-corrected chi connectivity index (χ0v) is 14.7. The first-order valence-corrected chi connectivity index (χ1v) is 8.61. The fourth-order valence-corrected chi connectivity index (χ4v) is 3.05. The lowest BCUT2D eigenvalue weighted by Crippen LogP contribution is -2.12. The second kappa shape index (κ2) is 6.92. The van der Waals surface area contributed by atoms with Crippen molar-refractivity contribution in [2.24, 2.45) is 0 Å². The molecule has 0 bridgehead atoms. The van der Waals surface area contributed by atoms with Gasteiger partial charge in [-0.1, -0.05) is 36.4 Å². The molecule has 0 unspecified atom stereocenters. The number of benzene rings is 2. The van der Waals surface area contributed by atoms with E-state index < -0.39 is 5.97 Å². The minimum Gasteiger partial charge on any atom is -0.462 e. The third-order valence-electron chi connectivity index (χ3n) is 4.31. The van der Waals surface area contributed by atoms with Crippen molar-refractivity contribution < 1.29 is 14.3 Å². The van der Waals surface area contributed by atoms with Crippen LogP contribution in [0.4, 0.5) is 5.69 Å². The number of nitrogens with one attached hydrogen (secondary N) is 1. The first-order chi connectivity index (χ1) is 13.2. The van der Waals surface area contributed by atoms with Crippen LogP contribution < -0.4 is 5.32 Å². The average Bonchev–Trinajstić information content (AvgIpc) is 3.11. The Hall–Kier alpha value is -3.67. The molecule has 0 fully saturated rings. The van der Waals surface area contributed by atoms with Gasteiger partial charge in [0.1, 0.15) is 5.56 Å². The number of pyridine rings is 1. The number of anilines is 1. The molecule has 0 aliphatic heterocycles. The second-order valence-electron chi connectivity index (χ2n) is 6.00. The molecule has 1 amide bonds. The Labute approximate surface area is 155 Å². The van der Waals surface area contributed by atoms with E-state index in [4.69, 9.17) is 4.74 Å². The molecule has 0 aliphatic carbocycles. The molecule has 0 saturated carbocycles. The molecule has 0 atom stereocenters. The van der Waals surface area contributed by atoms with E-state index in [0.29, 0.717) is 22.3 Å². The number of ether oxygens (including phenoxy) is 1.